The first-order valence-corrected chi connectivity index (χ1v) is 12.2. The molecule has 8 nitrogen and oxygen atoms in total. The normalized spacial score (nSPS) is 19.1. The fourth-order valence-electron chi connectivity index (χ4n) is 4.68. The van der Waals surface area contributed by atoms with Crippen LogP contribution in [0, 0.1) is 0 Å². The minimum atomic E-state index is -0.310. The van der Waals surface area contributed by atoms with E-state index in [4.69, 9.17) is 16.3 Å². The molecule has 0 radical (unpaired) electrons. The number of rotatable bonds is 6. The summed E-state index contributed by atoms with van der Waals surface area (Å²) in [5.41, 5.74) is 2.71. The topological polar surface area (TPSA) is 91.8 Å². The number of ether oxygens (including phenoxy) is 1. The van der Waals surface area contributed by atoms with Crippen molar-refractivity contribution >= 4 is 51.7 Å². The number of thiazole rings is 1. The van der Waals surface area contributed by atoms with Gasteiger partial charge < -0.3 is 9.64 Å². The summed E-state index contributed by atoms with van der Waals surface area (Å²) in [5.74, 6) is -0.146. The van der Waals surface area contributed by atoms with Gasteiger partial charge in [-0.1, -0.05) is 35.1 Å². The Kier molecular flexibility index (Phi) is 6.90. The molecule has 1 unspecified atom stereocenters. The maximum absolute atomic E-state index is 13.1. The van der Waals surface area contributed by atoms with Gasteiger partial charge in [0.2, 0.25) is 5.91 Å². The maximum Gasteiger partial charge on any atom is 0.328 e. The minimum Gasteiger partial charge on any atom is -0.466 e. The van der Waals surface area contributed by atoms with Crippen molar-refractivity contribution < 1.29 is 19.1 Å². The van der Waals surface area contributed by atoms with Gasteiger partial charge in [0.15, 0.2) is 5.13 Å². The van der Waals surface area contributed by atoms with Gasteiger partial charge in [0.1, 0.15) is 4.34 Å². The SMILES string of the molecule is CCOC(=O)CCCc1ccc2c(c1)C1(CCN(C(C)=O)C1)CN2C(=O)Nc1ncc(Cl)s1. The zero-order valence-electron chi connectivity index (χ0n) is 18.7. The highest BCUT2D eigenvalue weighted by atomic mass is 35.5. The van der Waals surface area contributed by atoms with E-state index < -0.39 is 0 Å². The quantitative estimate of drug-likeness (QED) is 0.612. The highest BCUT2D eigenvalue weighted by Gasteiger charge is 2.49. The number of nitrogens with one attached hydrogen (secondary N) is 1. The second-order valence-electron chi connectivity index (χ2n) is 8.47. The number of anilines is 2. The number of nitrogens with zero attached hydrogens (tertiary/aromatic N) is 3. The predicted molar refractivity (Wildman–Crippen MR) is 128 cm³/mol. The molecule has 1 spiro atoms. The molecule has 1 aromatic heterocycles. The van der Waals surface area contributed by atoms with Crippen molar-refractivity contribution in [3.05, 3.63) is 39.9 Å². The lowest BCUT2D eigenvalue weighted by Gasteiger charge is -2.25. The molecule has 33 heavy (non-hydrogen) atoms. The third kappa shape index (κ3) is 4.99. The van der Waals surface area contributed by atoms with Crippen LogP contribution in [0.15, 0.2) is 24.4 Å². The highest BCUT2D eigenvalue weighted by molar-refractivity contribution is 7.19. The Bertz CT molecular complexity index is 1070. The number of fused-ring (bicyclic) bond motifs is 2. The van der Waals surface area contributed by atoms with Gasteiger partial charge in [0, 0.05) is 44.1 Å². The largest absolute Gasteiger partial charge is 0.466 e. The maximum atomic E-state index is 13.1. The van der Waals surface area contributed by atoms with Crippen LogP contribution >= 0.6 is 22.9 Å². The van der Waals surface area contributed by atoms with Crippen molar-refractivity contribution in [2.75, 3.05) is 36.5 Å². The summed E-state index contributed by atoms with van der Waals surface area (Å²) in [6.45, 7) is 5.50. The number of halogens is 1. The zero-order chi connectivity index (χ0) is 23.6. The number of hydrogen-bond acceptors (Lipinski definition) is 6. The van der Waals surface area contributed by atoms with Gasteiger partial charge in [0.25, 0.3) is 0 Å². The van der Waals surface area contributed by atoms with E-state index in [1.807, 2.05) is 17.0 Å². The molecule has 176 valence electrons. The van der Waals surface area contributed by atoms with Crippen molar-refractivity contribution in [2.24, 2.45) is 0 Å². The zero-order valence-corrected chi connectivity index (χ0v) is 20.3. The second-order valence-corrected chi connectivity index (χ2v) is 10.1. The number of likely N-dealkylation sites (tertiary alicyclic amines) is 1. The van der Waals surface area contributed by atoms with E-state index in [9.17, 15) is 14.4 Å². The Morgan fingerprint density at radius 1 is 1.30 bits per heavy atom. The lowest BCUT2D eigenvalue weighted by atomic mass is 9.80. The molecule has 1 fully saturated rings. The van der Waals surface area contributed by atoms with E-state index in [1.54, 1.807) is 18.7 Å². The Morgan fingerprint density at radius 3 is 2.79 bits per heavy atom. The van der Waals surface area contributed by atoms with Crippen LogP contribution in [0.5, 0.6) is 0 Å². The molecule has 1 saturated heterocycles. The van der Waals surface area contributed by atoms with Crippen molar-refractivity contribution in [1.82, 2.24) is 9.88 Å². The van der Waals surface area contributed by atoms with Crippen LogP contribution in [-0.2, 0) is 26.2 Å². The molecule has 0 aliphatic carbocycles. The van der Waals surface area contributed by atoms with Crippen molar-refractivity contribution in [3.8, 4) is 0 Å². The van der Waals surface area contributed by atoms with Gasteiger partial charge in [-0.2, -0.15) is 0 Å². The van der Waals surface area contributed by atoms with Crippen LogP contribution in [0.25, 0.3) is 0 Å². The van der Waals surface area contributed by atoms with Crippen LogP contribution in [0.4, 0.5) is 15.6 Å². The third-order valence-corrected chi connectivity index (χ3v) is 7.30. The Balaban J connectivity index is 1.57. The van der Waals surface area contributed by atoms with E-state index in [-0.39, 0.29) is 23.3 Å². The van der Waals surface area contributed by atoms with Gasteiger partial charge in [0.05, 0.1) is 12.8 Å². The molecule has 1 N–H and O–H groups in total. The molecular weight excluding hydrogens is 464 g/mol. The van der Waals surface area contributed by atoms with Crippen LogP contribution in [0.2, 0.25) is 4.34 Å². The first-order chi connectivity index (χ1) is 15.8. The molecule has 1 atom stereocenters. The Labute approximate surface area is 201 Å². The first-order valence-electron chi connectivity index (χ1n) is 11.1. The number of carbonyl (C=O) groups is 3. The number of amides is 3. The molecule has 2 aliphatic heterocycles. The van der Waals surface area contributed by atoms with Crippen molar-refractivity contribution in [3.63, 3.8) is 0 Å². The van der Waals surface area contributed by atoms with Crippen molar-refractivity contribution in [1.29, 1.82) is 0 Å². The highest BCUT2D eigenvalue weighted by Crippen LogP contribution is 2.47. The summed E-state index contributed by atoms with van der Waals surface area (Å²) < 4.78 is 5.52. The summed E-state index contributed by atoms with van der Waals surface area (Å²) in [5, 5.41) is 3.28. The lowest BCUT2D eigenvalue weighted by Crippen LogP contribution is -2.41. The van der Waals surface area contributed by atoms with Crippen molar-refractivity contribution in [2.45, 2.75) is 44.9 Å². The number of aryl methyl sites for hydroxylation is 1. The number of benzene rings is 1. The smallest absolute Gasteiger partial charge is 0.328 e. The van der Waals surface area contributed by atoms with Gasteiger partial charge in [-0.05, 0) is 43.4 Å². The number of carbonyl (C=O) groups excluding carboxylic acids is 3. The summed E-state index contributed by atoms with van der Waals surface area (Å²) in [7, 11) is 0. The second kappa shape index (κ2) is 9.69. The first kappa shape index (κ1) is 23.5. The lowest BCUT2D eigenvalue weighted by molar-refractivity contribution is -0.143. The number of hydrogen-bond donors (Lipinski definition) is 1. The molecule has 3 heterocycles. The van der Waals surface area contributed by atoms with Crippen LogP contribution in [-0.4, -0.2) is 54.0 Å². The molecule has 1 aromatic carbocycles. The predicted octanol–water partition coefficient (Wildman–Crippen LogP) is 4.22. The molecule has 2 aliphatic rings. The van der Waals surface area contributed by atoms with E-state index in [0.29, 0.717) is 48.6 Å². The average Bonchev–Trinajstić information content (AvgIpc) is 3.47. The summed E-state index contributed by atoms with van der Waals surface area (Å²) >= 11 is 7.16. The number of aromatic nitrogens is 1. The standard InChI is InChI=1S/C23H27ClN4O4S/c1-3-32-20(30)6-4-5-16-7-8-18-17(11-16)23(9-10-27(13-23)15(2)29)14-28(18)22(31)26-21-25-12-19(24)33-21/h7-8,11-12H,3-6,9-10,13-14H2,1-2H3,(H,25,26,31). The molecule has 4 rings (SSSR count). The van der Waals surface area contributed by atoms with Gasteiger partial charge in [-0.15, -0.1) is 0 Å². The minimum absolute atomic E-state index is 0.0411. The van der Waals surface area contributed by atoms with Crippen LogP contribution in [0.3, 0.4) is 0 Å². The number of urea groups is 1. The van der Waals surface area contributed by atoms with Crippen LogP contribution in [0.1, 0.15) is 44.2 Å². The summed E-state index contributed by atoms with van der Waals surface area (Å²) in [6.07, 6.45) is 4.10. The monoisotopic (exact) mass is 490 g/mol. The Hall–Kier alpha value is -2.65. The summed E-state index contributed by atoms with van der Waals surface area (Å²) in [4.78, 5) is 44.6. The molecule has 10 heteroatoms. The third-order valence-electron chi connectivity index (χ3n) is 6.27. The van der Waals surface area contributed by atoms with Crippen LogP contribution < -0.4 is 10.2 Å². The fraction of sp³-hybridized carbons (Fsp3) is 0.478. The molecular formula is C23H27ClN4O4S. The van der Waals surface area contributed by atoms with Gasteiger partial charge in [-0.25, -0.2) is 9.78 Å². The molecule has 0 bridgehead atoms. The van der Waals surface area contributed by atoms with Gasteiger partial charge >= 0.3 is 12.0 Å². The number of esters is 1. The molecule has 0 saturated carbocycles. The van der Waals surface area contributed by atoms with E-state index >= 15 is 0 Å². The molecule has 3 amide bonds. The fourth-order valence-corrected chi connectivity index (χ4v) is 5.49. The van der Waals surface area contributed by atoms with E-state index in [0.717, 1.165) is 29.7 Å². The van der Waals surface area contributed by atoms with E-state index in [1.165, 1.54) is 17.5 Å². The summed E-state index contributed by atoms with van der Waals surface area (Å²) in [6, 6.07) is 5.84. The molecule has 2 aromatic rings. The average molecular weight is 491 g/mol. The van der Waals surface area contributed by atoms with E-state index in [2.05, 4.69) is 16.4 Å². The Morgan fingerprint density at radius 2 is 2.12 bits per heavy atom. The van der Waals surface area contributed by atoms with Gasteiger partial charge in [-0.3, -0.25) is 19.8 Å².